The minimum Gasteiger partial charge on any atom is -0.481 e. The fraction of sp³-hybridized carbons (Fsp3) is 0.720. The lowest BCUT2D eigenvalue weighted by Gasteiger charge is -2.61. The van der Waals surface area contributed by atoms with Crippen LogP contribution in [0.4, 0.5) is 4.79 Å². The molecule has 3 N–H and O–H groups in total. The third-order valence-electron chi connectivity index (χ3n) is 26.5. The van der Waals surface area contributed by atoms with Crippen LogP contribution in [0, 0.1) is 92.7 Å². The Balaban J connectivity index is 0.674. The predicted molar refractivity (Wildman–Crippen MR) is 356 cm³/mol. The smallest absolute Gasteiger partial charge is 0.407 e. The molecule has 7 fully saturated rings. The van der Waals surface area contributed by atoms with Gasteiger partial charge in [0.05, 0.1) is 19.0 Å². The molecule has 0 saturated heterocycles. The number of amides is 1. The Hall–Kier alpha value is -6.33. The number of carboxylic acid groups (broad SMARTS) is 2. The number of ether oxygens (including phenoxy) is 3. The van der Waals surface area contributed by atoms with E-state index in [1.54, 1.807) is 21.8 Å². The summed E-state index contributed by atoms with van der Waals surface area (Å²) in [5, 5.41) is 41.6. The van der Waals surface area contributed by atoms with E-state index in [0.29, 0.717) is 95.6 Å². The Morgan fingerprint density at radius 1 is 0.667 bits per heavy atom. The molecule has 0 spiro atoms. The van der Waals surface area contributed by atoms with Crippen LogP contribution in [0.2, 0.25) is 0 Å². The molecular weight excluding hydrogens is 1170 g/mol. The van der Waals surface area contributed by atoms with Crippen molar-refractivity contribution in [3.8, 4) is 22.5 Å². The number of esters is 2. The Kier molecular flexibility index (Phi) is 18.9. The lowest BCUT2D eigenvalue weighted by atomic mass is 9.44. The molecule has 2 aromatic carbocycles. The van der Waals surface area contributed by atoms with Gasteiger partial charge in [-0.25, -0.2) is 14.2 Å². The quantitative estimate of drug-likeness (QED) is 0.0458. The molecule has 5 aromatic rings. The van der Waals surface area contributed by atoms with E-state index in [2.05, 4.69) is 103 Å². The van der Waals surface area contributed by atoms with Crippen LogP contribution in [0.25, 0.3) is 44.3 Å². The lowest BCUT2D eigenvalue weighted by molar-refractivity contribution is -0.161. The van der Waals surface area contributed by atoms with Crippen molar-refractivity contribution in [3.63, 3.8) is 0 Å². The molecule has 7 aliphatic carbocycles. The van der Waals surface area contributed by atoms with Crippen molar-refractivity contribution in [1.29, 1.82) is 0 Å². The van der Waals surface area contributed by atoms with Crippen molar-refractivity contribution in [3.05, 3.63) is 48.8 Å². The van der Waals surface area contributed by atoms with E-state index in [-0.39, 0.29) is 72.2 Å². The number of rotatable bonds is 21. The Labute approximate surface area is 550 Å². The van der Waals surface area contributed by atoms with Crippen LogP contribution < -0.4 is 5.32 Å². The minimum atomic E-state index is -0.708. The SMILES string of the molecule is CC([C@H](C)CCC(=O)O)C1(C)CCC2[C@@H](CC[C@@H]3C[C@H](OC(=O)Cn4cc(-c5ccc6c7ccc(-c8cn(CC(=O)OCC9CC[C@H]%10CC[C@@H]%11C(CCC%12(C)C([C@H](C)CCC(=O)O)CC[C@@H]%11%12)C%10(C)C9)nn8)cc7n(CCNC(=O)OC(C)(C)C)c6c5)nn4)CCC23C)C1. The van der Waals surface area contributed by atoms with Gasteiger partial charge < -0.3 is 34.3 Å². The predicted octanol–water partition coefficient (Wildman–Crippen LogP) is 15.2. The summed E-state index contributed by atoms with van der Waals surface area (Å²) in [5.74, 6) is 4.82. The molecule has 17 atom stereocenters. The summed E-state index contributed by atoms with van der Waals surface area (Å²) in [6, 6.07) is 12.3. The zero-order valence-electron chi connectivity index (χ0n) is 57.3. The molecule has 3 heterocycles. The molecule has 3 aromatic heterocycles. The summed E-state index contributed by atoms with van der Waals surface area (Å²) in [6.07, 6.45) is 24.6. The number of benzene rings is 2. The highest BCUT2D eigenvalue weighted by atomic mass is 16.6. The average Bonchev–Trinajstić information content (AvgIpc) is 1.72. The van der Waals surface area contributed by atoms with Gasteiger partial charge in [-0.05, 0) is 248 Å². The molecule has 18 heteroatoms. The van der Waals surface area contributed by atoms with Gasteiger partial charge in [-0.15, -0.1) is 10.2 Å². The van der Waals surface area contributed by atoms with Crippen LogP contribution in [0.1, 0.15) is 204 Å². The second-order valence-corrected chi connectivity index (χ2v) is 32.9. The molecule has 93 heavy (non-hydrogen) atoms. The first-order valence-corrected chi connectivity index (χ1v) is 35.8. The van der Waals surface area contributed by atoms with Gasteiger partial charge >= 0.3 is 30.0 Å². The van der Waals surface area contributed by atoms with Gasteiger partial charge in [0.25, 0.3) is 0 Å². The highest BCUT2D eigenvalue weighted by molar-refractivity contribution is 6.10. The number of nitrogens with one attached hydrogen (secondary N) is 1. The number of fused-ring (bicyclic) bond motifs is 11. The lowest BCUT2D eigenvalue weighted by Crippen LogP contribution is -2.54. The molecule has 0 aliphatic heterocycles. The standard InChI is InChI=1S/C75H106N8O10/c1-45(11-25-66(84)85)47(3)72(7)30-28-59-51(39-72)14-18-53-37-54(27-31-73(53,59)8)92-69(89)43-82-41-63(78-80-82)50-16-21-56-55-20-15-49(35-64(55)83(65(56)36-50)34-33-76-70(90)93-71(4,5)6)62-40-81(79-77-62)42-68(88)91-44-48-13-17-52-19-22-57-60-24-23-58(46(2)12-26-67(86)87)74(60,9)32-29-61(57)75(52,10)38-48/h15-16,20-21,35-36,40-41,45-48,51-54,57-61H,11-14,17-19,22-34,37-39,42-44H2,1-10H3,(H,76,90)(H,84,85)(H,86,87)/t45-,46-,47?,48?,51+,52+,53-,54-,57+,58?,59?,60+,61?,72?,73?,74?,75?/m1/s1. The second-order valence-electron chi connectivity index (χ2n) is 32.9. The van der Waals surface area contributed by atoms with Crippen LogP contribution in [0.3, 0.4) is 0 Å². The van der Waals surface area contributed by atoms with Crippen molar-refractivity contribution in [1.82, 2.24) is 39.9 Å². The summed E-state index contributed by atoms with van der Waals surface area (Å²) >= 11 is 0. The number of hydrogen-bond acceptors (Lipinski definition) is 12. The summed E-state index contributed by atoms with van der Waals surface area (Å²) in [4.78, 5) is 63.1. The maximum atomic E-state index is 13.7. The number of aromatic nitrogens is 7. The van der Waals surface area contributed by atoms with E-state index in [1.165, 1.54) is 70.6 Å². The van der Waals surface area contributed by atoms with Crippen molar-refractivity contribution >= 4 is 51.8 Å². The number of aliphatic carboxylic acids is 2. The molecule has 506 valence electrons. The largest absolute Gasteiger partial charge is 0.481 e. The summed E-state index contributed by atoms with van der Waals surface area (Å²) in [6.45, 7) is 23.5. The van der Waals surface area contributed by atoms with Crippen molar-refractivity contribution < 1.29 is 48.4 Å². The van der Waals surface area contributed by atoms with Crippen LogP contribution >= 0.6 is 0 Å². The normalized spacial score (nSPS) is 32.6. The fourth-order valence-electron chi connectivity index (χ4n) is 21.4. The molecule has 1 amide bonds. The van der Waals surface area contributed by atoms with Gasteiger partial charge in [-0.1, -0.05) is 83.2 Å². The van der Waals surface area contributed by atoms with Gasteiger partial charge in [-0.2, -0.15) is 0 Å². The average molecular weight is 1280 g/mol. The maximum Gasteiger partial charge on any atom is 0.407 e. The number of nitrogens with zero attached hydrogens (tertiary/aromatic N) is 7. The van der Waals surface area contributed by atoms with E-state index >= 15 is 0 Å². The first-order chi connectivity index (χ1) is 44.2. The molecule has 9 unspecified atom stereocenters. The molecular formula is C75H106N8O10. The molecule has 0 radical (unpaired) electrons. The number of alkyl carbamates (subject to hydrolysis) is 1. The van der Waals surface area contributed by atoms with Gasteiger partial charge in [0.15, 0.2) is 0 Å². The van der Waals surface area contributed by atoms with Gasteiger partial charge in [0, 0.05) is 58.9 Å². The monoisotopic (exact) mass is 1280 g/mol. The van der Waals surface area contributed by atoms with E-state index in [0.717, 1.165) is 84.3 Å². The summed E-state index contributed by atoms with van der Waals surface area (Å²) in [7, 11) is 0. The number of carbonyl (C=O) groups excluding carboxylic acids is 3. The van der Waals surface area contributed by atoms with Gasteiger partial charge in [0.2, 0.25) is 0 Å². The fourth-order valence-corrected chi connectivity index (χ4v) is 21.4. The number of carboxylic acids is 2. The first-order valence-electron chi connectivity index (χ1n) is 35.8. The van der Waals surface area contributed by atoms with E-state index in [9.17, 15) is 34.2 Å². The van der Waals surface area contributed by atoms with Crippen molar-refractivity contribution in [2.75, 3.05) is 13.2 Å². The first kappa shape index (κ1) is 66.7. The highest BCUT2D eigenvalue weighted by Gasteiger charge is 2.61. The third-order valence-corrected chi connectivity index (χ3v) is 26.5. The number of carbonyl (C=O) groups is 5. The van der Waals surface area contributed by atoms with Crippen LogP contribution in [-0.2, 0) is 53.0 Å². The summed E-state index contributed by atoms with van der Waals surface area (Å²) < 4.78 is 23.2. The molecule has 7 saturated carbocycles. The van der Waals surface area contributed by atoms with E-state index in [4.69, 9.17) is 14.2 Å². The third kappa shape index (κ3) is 13.6. The molecule has 18 nitrogen and oxygen atoms in total. The minimum absolute atomic E-state index is 0.0463. The zero-order valence-corrected chi connectivity index (χ0v) is 57.3. The van der Waals surface area contributed by atoms with Crippen molar-refractivity contribution in [2.45, 2.75) is 235 Å². The molecule has 0 bridgehead atoms. The van der Waals surface area contributed by atoms with Crippen LogP contribution in [0.15, 0.2) is 48.8 Å². The Bertz CT molecular complexity index is 3570. The second kappa shape index (κ2) is 26.3. The van der Waals surface area contributed by atoms with Gasteiger partial charge in [-0.3, -0.25) is 19.2 Å². The topological polar surface area (TPSA) is 232 Å². The van der Waals surface area contributed by atoms with Crippen molar-refractivity contribution in [2.24, 2.45) is 92.7 Å². The maximum absolute atomic E-state index is 13.7. The van der Waals surface area contributed by atoms with Crippen LogP contribution in [0.5, 0.6) is 0 Å². The van der Waals surface area contributed by atoms with Gasteiger partial charge in [0.1, 0.15) is 36.2 Å². The van der Waals surface area contributed by atoms with Crippen LogP contribution in [-0.4, -0.2) is 99.6 Å². The summed E-state index contributed by atoms with van der Waals surface area (Å²) in [5.41, 5.74) is 5.00. The highest BCUT2D eigenvalue weighted by Crippen LogP contribution is 2.69. The molecule has 7 aliphatic rings. The van der Waals surface area contributed by atoms with E-state index < -0.39 is 23.6 Å². The Morgan fingerprint density at radius 2 is 1.28 bits per heavy atom. The van der Waals surface area contributed by atoms with E-state index in [1.807, 2.05) is 32.9 Å². The number of hydrogen-bond donors (Lipinski definition) is 3. The zero-order chi connectivity index (χ0) is 65.9. The molecule has 12 rings (SSSR count). The Morgan fingerprint density at radius 3 is 1.95 bits per heavy atom.